The summed E-state index contributed by atoms with van der Waals surface area (Å²) in [4.78, 5) is 0. The first-order chi connectivity index (χ1) is 3.39. The van der Waals surface area contributed by atoms with Crippen molar-refractivity contribution >= 4 is 22.5 Å². The van der Waals surface area contributed by atoms with Crippen LogP contribution in [0.2, 0.25) is 0 Å². The van der Waals surface area contributed by atoms with Gasteiger partial charge in [0.1, 0.15) is 0 Å². The monoisotopic (exact) mass is 128 g/mol. The standard InChI is InChI=1S/C5H6P2/c6-5-3-1-2-4-7-5/h1-4H,6H2. The Bertz CT molecular complexity index is 136. The van der Waals surface area contributed by atoms with Gasteiger partial charge in [0.2, 0.25) is 0 Å². The van der Waals surface area contributed by atoms with E-state index in [1.165, 1.54) is 13.2 Å². The van der Waals surface area contributed by atoms with Gasteiger partial charge in [-0.25, -0.2) is 0 Å². The molecule has 1 aromatic rings. The third-order valence-electron chi connectivity index (χ3n) is 0.688. The van der Waals surface area contributed by atoms with E-state index < -0.39 is 0 Å². The van der Waals surface area contributed by atoms with Gasteiger partial charge in [0.05, 0.1) is 0 Å². The minimum absolute atomic E-state index is 1.31. The van der Waals surface area contributed by atoms with Crippen molar-refractivity contribution in [2.45, 2.75) is 0 Å². The molecule has 1 rings (SSSR count). The Morgan fingerprint density at radius 3 is 2.57 bits per heavy atom. The van der Waals surface area contributed by atoms with Crippen LogP contribution in [0.5, 0.6) is 0 Å². The molecule has 0 fully saturated rings. The second kappa shape index (κ2) is 2.40. The Hall–Kier alpha value is 0.0800. The molecule has 1 heterocycles. The van der Waals surface area contributed by atoms with Crippen molar-refractivity contribution in [3.63, 3.8) is 0 Å². The lowest BCUT2D eigenvalue weighted by Gasteiger charge is -1.81. The highest BCUT2D eigenvalue weighted by Crippen LogP contribution is 2.01. The highest BCUT2D eigenvalue weighted by atomic mass is 31.1. The number of hydrogen-bond acceptors (Lipinski definition) is 0. The highest BCUT2D eigenvalue weighted by molar-refractivity contribution is 7.51. The summed E-state index contributed by atoms with van der Waals surface area (Å²) in [6.45, 7) is 0. The van der Waals surface area contributed by atoms with Crippen LogP contribution >= 0.6 is 17.4 Å². The van der Waals surface area contributed by atoms with E-state index in [1.807, 2.05) is 6.07 Å². The summed E-state index contributed by atoms with van der Waals surface area (Å²) in [6, 6.07) is 6.18. The smallest absolute Gasteiger partial charge is 0.00320 e. The second-order valence-electron chi connectivity index (χ2n) is 1.25. The average Bonchev–Trinajstić information content (AvgIpc) is 1.69. The molecule has 0 aliphatic heterocycles. The van der Waals surface area contributed by atoms with Gasteiger partial charge in [-0.2, -0.15) is 0 Å². The lowest BCUT2D eigenvalue weighted by atomic mass is 10.6. The lowest BCUT2D eigenvalue weighted by Crippen LogP contribution is -1.74. The molecule has 0 aliphatic rings. The molecule has 0 saturated carbocycles. The molecular formula is C5H6P2. The van der Waals surface area contributed by atoms with E-state index in [4.69, 9.17) is 0 Å². The van der Waals surface area contributed by atoms with Gasteiger partial charge in [-0.3, -0.25) is 0 Å². The molecule has 1 aromatic heterocycles. The lowest BCUT2D eigenvalue weighted by molar-refractivity contribution is 1.92. The van der Waals surface area contributed by atoms with Crippen LogP contribution in [0.25, 0.3) is 0 Å². The van der Waals surface area contributed by atoms with Crippen LogP contribution < -0.4 is 5.04 Å². The Morgan fingerprint density at radius 2 is 2.29 bits per heavy atom. The maximum atomic E-state index is 2.67. The molecule has 1 unspecified atom stereocenters. The van der Waals surface area contributed by atoms with Gasteiger partial charge >= 0.3 is 0 Å². The van der Waals surface area contributed by atoms with E-state index in [-0.39, 0.29) is 0 Å². The van der Waals surface area contributed by atoms with Crippen molar-refractivity contribution in [1.82, 2.24) is 0 Å². The van der Waals surface area contributed by atoms with Crippen molar-refractivity contribution < 1.29 is 0 Å². The molecule has 0 saturated heterocycles. The molecule has 0 N–H and O–H groups in total. The molecular weight excluding hydrogens is 122 g/mol. The zero-order chi connectivity index (χ0) is 5.11. The SMILES string of the molecule is Pc1ccccp1. The molecule has 0 bridgehead atoms. The maximum absolute atomic E-state index is 2.67. The van der Waals surface area contributed by atoms with E-state index >= 15 is 0 Å². The number of rotatable bonds is 0. The van der Waals surface area contributed by atoms with E-state index in [0.29, 0.717) is 0 Å². The Balaban J connectivity index is 3.02. The van der Waals surface area contributed by atoms with Crippen molar-refractivity contribution in [2.24, 2.45) is 0 Å². The maximum Gasteiger partial charge on any atom is -0.00320 e. The fourth-order valence-electron chi connectivity index (χ4n) is 0.376. The zero-order valence-electron chi connectivity index (χ0n) is 3.83. The topological polar surface area (TPSA) is 0 Å². The predicted molar refractivity (Wildman–Crippen MR) is 38.3 cm³/mol. The molecule has 0 aromatic carbocycles. The van der Waals surface area contributed by atoms with Gasteiger partial charge in [-0.15, -0.1) is 9.24 Å². The summed E-state index contributed by atoms with van der Waals surface area (Å²) < 4.78 is 0. The van der Waals surface area contributed by atoms with Crippen LogP contribution in [0.4, 0.5) is 0 Å². The third kappa shape index (κ3) is 1.55. The summed E-state index contributed by atoms with van der Waals surface area (Å²) in [5, 5.41) is 1.34. The first-order valence-electron chi connectivity index (χ1n) is 2.06. The van der Waals surface area contributed by atoms with Crippen molar-refractivity contribution in [3.8, 4) is 0 Å². The van der Waals surface area contributed by atoms with E-state index in [0.717, 1.165) is 0 Å². The highest BCUT2D eigenvalue weighted by Gasteiger charge is 1.73. The predicted octanol–water partition coefficient (Wildman–Crippen LogP) is 1.77. The van der Waals surface area contributed by atoms with Crippen molar-refractivity contribution in [3.05, 3.63) is 24.0 Å². The Morgan fingerprint density at radius 1 is 1.43 bits per heavy atom. The molecule has 36 valence electrons. The summed E-state index contributed by atoms with van der Waals surface area (Å²) in [5.41, 5.74) is 0. The molecule has 7 heavy (non-hydrogen) atoms. The number of hydrogen-bond donors (Lipinski definition) is 0. The summed E-state index contributed by atoms with van der Waals surface area (Å²) >= 11 is 0. The summed E-state index contributed by atoms with van der Waals surface area (Å²) in [5.74, 6) is 2.11. The van der Waals surface area contributed by atoms with Crippen LogP contribution in [0, 0.1) is 0 Å². The summed E-state index contributed by atoms with van der Waals surface area (Å²) in [6.07, 6.45) is 0. The second-order valence-corrected chi connectivity index (χ2v) is 3.44. The fraction of sp³-hybridized carbons (Fsp3) is 0. The molecule has 0 spiro atoms. The molecule has 0 aliphatic carbocycles. The van der Waals surface area contributed by atoms with Crippen LogP contribution in [-0.2, 0) is 0 Å². The van der Waals surface area contributed by atoms with Crippen LogP contribution in [0.1, 0.15) is 0 Å². The largest absolute Gasteiger partial charge is 0.101 e. The van der Waals surface area contributed by atoms with Gasteiger partial charge < -0.3 is 0 Å². The fourth-order valence-corrected chi connectivity index (χ4v) is 1.27. The quantitative estimate of drug-likeness (QED) is 0.467. The van der Waals surface area contributed by atoms with Gasteiger partial charge in [0, 0.05) is 0 Å². The third-order valence-corrected chi connectivity index (χ3v) is 2.10. The average molecular weight is 128 g/mol. The van der Waals surface area contributed by atoms with Crippen LogP contribution in [0.15, 0.2) is 24.0 Å². The zero-order valence-corrected chi connectivity index (χ0v) is 5.88. The first-order valence-corrected chi connectivity index (χ1v) is 3.60. The van der Waals surface area contributed by atoms with Crippen molar-refractivity contribution in [1.29, 1.82) is 0 Å². The van der Waals surface area contributed by atoms with E-state index in [9.17, 15) is 0 Å². The first kappa shape index (κ1) is 5.22. The minimum atomic E-state index is 1.31. The Kier molecular flexibility index (Phi) is 1.79. The molecule has 0 amide bonds. The summed E-state index contributed by atoms with van der Waals surface area (Å²) in [7, 11) is 3.98. The van der Waals surface area contributed by atoms with Gasteiger partial charge in [0.15, 0.2) is 0 Å². The van der Waals surface area contributed by atoms with Crippen LogP contribution in [0.3, 0.4) is 0 Å². The molecule has 0 nitrogen and oxygen atoms in total. The normalized spacial score (nSPS) is 9.86. The van der Waals surface area contributed by atoms with Gasteiger partial charge in [-0.1, -0.05) is 26.4 Å². The molecule has 0 radical (unpaired) electrons. The Labute approximate surface area is 47.3 Å². The van der Waals surface area contributed by atoms with E-state index in [2.05, 4.69) is 27.2 Å². The van der Waals surface area contributed by atoms with E-state index in [1.54, 1.807) is 0 Å². The molecule has 1 atom stereocenters. The minimum Gasteiger partial charge on any atom is -0.101 e. The van der Waals surface area contributed by atoms with Crippen LogP contribution in [-0.4, -0.2) is 0 Å². The molecule has 2 heteroatoms. The van der Waals surface area contributed by atoms with Gasteiger partial charge in [-0.05, 0) is 10.8 Å². The van der Waals surface area contributed by atoms with Gasteiger partial charge in [0.25, 0.3) is 0 Å². The van der Waals surface area contributed by atoms with Crippen molar-refractivity contribution in [2.75, 3.05) is 0 Å².